The van der Waals surface area contributed by atoms with Gasteiger partial charge in [0.1, 0.15) is 12.4 Å². The Hall–Kier alpha value is -2.17. The number of likely N-dealkylation sites (tertiary alicyclic amines) is 1. The average molecular weight is 297 g/mol. The average Bonchev–Trinajstić information content (AvgIpc) is 3.23. The van der Waals surface area contributed by atoms with Crippen molar-refractivity contribution in [2.24, 2.45) is 0 Å². The molecule has 1 aliphatic heterocycles. The number of carbonyl (C=O) groups excluding carboxylic acids is 1. The van der Waals surface area contributed by atoms with Gasteiger partial charge in [-0.1, -0.05) is 12.1 Å². The number of hydrogen-bond acceptors (Lipinski definition) is 3. The lowest BCUT2D eigenvalue weighted by molar-refractivity contribution is -0.130. The first kappa shape index (κ1) is 13.5. The Bertz CT molecular complexity index is 786. The Balaban J connectivity index is 1.77. The maximum atomic E-state index is 12.8. The van der Waals surface area contributed by atoms with Crippen molar-refractivity contribution in [3.63, 3.8) is 0 Å². The molecule has 2 aromatic rings. The second-order valence-electron chi connectivity index (χ2n) is 6.24. The molecule has 2 aliphatic rings. The zero-order valence-corrected chi connectivity index (χ0v) is 12.5. The topological polar surface area (TPSA) is 55.2 Å². The minimum atomic E-state index is -0.0833. The molecule has 1 saturated heterocycles. The Morgan fingerprint density at radius 1 is 1.18 bits per heavy atom. The first-order chi connectivity index (χ1) is 10.7. The molecule has 5 nitrogen and oxygen atoms in total. The number of carbonyl (C=O) groups is 1. The highest BCUT2D eigenvalue weighted by molar-refractivity contribution is 5.79. The molecule has 0 unspecified atom stereocenters. The van der Waals surface area contributed by atoms with Gasteiger partial charge >= 0.3 is 0 Å². The van der Waals surface area contributed by atoms with Crippen molar-refractivity contribution in [1.29, 1.82) is 0 Å². The summed E-state index contributed by atoms with van der Waals surface area (Å²) >= 11 is 0. The largest absolute Gasteiger partial charge is 0.341 e. The highest BCUT2D eigenvalue weighted by atomic mass is 16.2. The van der Waals surface area contributed by atoms with Gasteiger partial charge in [0, 0.05) is 19.0 Å². The number of aromatic nitrogens is 2. The molecule has 0 bridgehead atoms. The predicted octanol–water partition coefficient (Wildman–Crippen LogP) is 1.90. The quantitative estimate of drug-likeness (QED) is 0.869. The molecule has 5 heteroatoms. The van der Waals surface area contributed by atoms with Crippen LogP contribution in [0.2, 0.25) is 0 Å². The van der Waals surface area contributed by atoms with Gasteiger partial charge in [0.15, 0.2) is 0 Å². The van der Waals surface area contributed by atoms with Crippen molar-refractivity contribution >= 4 is 16.8 Å². The molecule has 1 aromatic carbocycles. The maximum Gasteiger partial charge on any atom is 0.261 e. The van der Waals surface area contributed by atoms with Crippen molar-refractivity contribution in [3.05, 3.63) is 40.4 Å². The van der Waals surface area contributed by atoms with Crippen LogP contribution in [0.4, 0.5) is 0 Å². The summed E-state index contributed by atoms with van der Waals surface area (Å²) in [5.74, 6) is 1.17. The maximum absolute atomic E-state index is 12.8. The van der Waals surface area contributed by atoms with Crippen LogP contribution < -0.4 is 5.56 Å². The van der Waals surface area contributed by atoms with E-state index in [9.17, 15) is 9.59 Å². The summed E-state index contributed by atoms with van der Waals surface area (Å²) in [6.07, 6.45) is 4.24. The first-order valence-electron chi connectivity index (χ1n) is 8.01. The number of amides is 1. The van der Waals surface area contributed by atoms with Crippen LogP contribution in [0.1, 0.15) is 37.4 Å². The van der Waals surface area contributed by atoms with Crippen molar-refractivity contribution < 1.29 is 4.79 Å². The zero-order valence-electron chi connectivity index (χ0n) is 12.5. The highest BCUT2D eigenvalue weighted by Crippen LogP contribution is 2.38. The van der Waals surface area contributed by atoms with Crippen LogP contribution in [0.25, 0.3) is 10.9 Å². The molecule has 0 atom stereocenters. The molecule has 2 heterocycles. The number of nitrogens with zero attached hydrogens (tertiary/aromatic N) is 3. The van der Waals surface area contributed by atoms with E-state index >= 15 is 0 Å². The number of para-hydroxylation sites is 1. The normalized spacial score (nSPS) is 18.1. The third-order valence-corrected chi connectivity index (χ3v) is 4.59. The van der Waals surface area contributed by atoms with E-state index in [1.54, 1.807) is 10.6 Å². The van der Waals surface area contributed by atoms with E-state index in [0.29, 0.717) is 11.3 Å². The van der Waals surface area contributed by atoms with Crippen LogP contribution in [0.5, 0.6) is 0 Å². The van der Waals surface area contributed by atoms with Crippen LogP contribution in [0, 0.1) is 0 Å². The third-order valence-electron chi connectivity index (χ3n) is 4.59. The van der Waals surface area contributed by atoms with Crippen molar-refractivity contribution in [2.75, 3.05) is 13.1 Å². The van der Waals surface area contributed by atoms with E-state index in [1.165, 1.54) is 0 Å². The van der Waals surface area contributed by atoms with Crippen molar-refractivity contribution in [1.82, 2.24) is 14.5 Å². The number of benzene rings is 1. The summed E-state index contributed by atoms with van der Waals surface area (Å²) in [5.41, 5.74) is 0.652. The van der Waals surface area contributed by atoms with E-state index in [0.717, 1.165) is 50.1 Å². The number of fused-ring (bicyclic) bond motifs is 1. The molecular weight excluding hydrogens is 278 g/mol. The van der Waals surface area contributed by atoms with Gasteiger partial charge in [-0.2, -0.15) is 0 Å². The van der Waals surface area contributed by atoms with Gasteiger partial charge in [-0.3, -0.25) is 14.2 Å². The summed E-state index contributed by atoms with van der Waals surface area (Å²) < 4.78 is 1.61. The standard InChI is InChI=1S/C17H19N3O2/c21-15(19-9-3-4-10-19)11-20-16(12-7-8-12)18-14-6-2-1-5-13(14)17(20)22/h1-2,5-6,12H,3-4,7-11H2. The van der Waals surface area contributed by atoms with E-state index in [2.05, 4.69) is 4.98 Å². The van der Waals surface area contributed by atoms with Gasteiger partial charge in [-0.05, 0) is 37.8 Å². The highest BCUT2D eigenvalue weighted by Gasteiger charge is 2.30. The van der Waals surface area contributed by atoms with Gasteiger partial charge in [0.25, 0.3) is 5.56 Å². The lowest BCUT2D eigenvalue weighted by Gasteiger charge is -2.18. The van der Waals surface area contributed by atoms with Crippen molar-refractivity contribution in [2.45, 2.75) is 38.1 Å². The minimum Gasteiger partial charge on any atom is -0.341 e. The summed E-state index contributed by atoms with van der Waals surface area (Å²) in [7, 11) is 0. The molecule has 1 amide bonds. The molecule has 114 valence electrons. The molecule has 0 spiro atoms. The molecule has 2 fully saturated rings. The fourth-order valence-corrected chi connectivity index (χ4v) is 3.19. The minimum absolute atomic E-state index is 0.0404. The molecule has 22 heavy (non-hydrogen) atoms. The molecule has 1 aromatic heterocycles. The van der Waals surface area contributed by atoms with E-state index in [-0.39, 0.29) is 18.0 Å². The Morgan fingerprint density at radius 2 is 1.91 bits per heavy atom. The molecule has 1 aliphatic carbocycles. The second kappa shape index (κ2) is 5.23. The SMILES string of the molecule is O=C(Cn1c(C2CC2)nc2ccccc2c1=O)N1CCCC1. The summed E-state index contributed by atoms with van der Waals surface area (Å²) in [5, 5.41) is 0.598. The third kappa shape index (κ3) is 2.30. The van der Waals surface area contributed by atoms with Crippen LogP contribution in [-0.4, -0.2) is 33.4 Å². The second-order valence-corrected chi connectivity index (χ2v) is 6.24. The molecular formula is C17H19N3O2. The van der Waals surface area contributed by atoms with E-state index in [1.807, 2.05) is 23.1 Å². The van der Waals surface area contributed by atoms with E-state index in [4.69, 9.17) is 0 Å². The van der Waals surface area contributed by atoms with Crippen LogP contribution >= 0.6 is 0 Å². The molecule has 1 saturated carbocycles. The Morgan fingerprint density at radius 3 is 2.64 bits per heavy atom. The summed E-state index contributed by atoms with van der Waals surface area (Å²) in [4.78, 5) is 31.8. The lowest BCUT2D eigenvalue weighted by Crippen LogP contribution is -2.36. The molecule has 4 rings (SSSR count). The Labute approximate surface area is 128 Å². The summed E-state index contributed by atoms with van der Waals surface area (Å²) in [6, 6.07) is 7.40. The van der Waals surface area contributed by atoms with Crippen LogP contribution in [-0.2, 0) is 11.3 Å². The smallest absolute Gasteiger partial charge is 0.261 e. The van der Waals surface area contributed by atoms with Gasteiger partial charge < -0.3 is 4.90 Å². The summed E-state index contributed by atoms with van der Waals surface area (Å²) in [6.45, 7) is 1.75. The van der Waals surface area contributed by atoms with Gasteiger partial charge in [-0.25, -0.2) is 4.98 Å². The first-order valence-corrected chi connectivity index (χ1v) is 8.01. The lowest BCUT2D eigenvalue weighted by atomic mass is 10.2. The molecule has 0 radical (unpaired) electrons. The van der Waals surface area contributed by atoms with Gasteiger partial charge in [0.2, 0.25) is 5.91 Å². The van der Waals surface area contributed by atoms with Crippen molar-refractivity contribution in [3.8, 4) is 0 Å². The molecule has 0 N–H and O–H groups in total. The van der Waals surface area contributed by atoms with Crippen LogP contribution in [0.3, 0.4) is 0 Å². The van der Waals surface area contributed by atoms with E-state index < -0.39 is 0 Å². The zero-order chi connectivity index (χ0) is 15.1. The number of hydrogen-bond donors (Lipinski definition) is 0. The van der Waals surface area contributed by atoms with Gasteiger partial charge in [0.05, 0.1) is 10.9 Å². The fourth-order valence-electron chi connectivity index (χ4n) is 3.19. The number of rotatable bonds is 3. The predicted molar refractivity (Wildman–Crippen MR) is 83.8 cm³/mol. The van der Waals surface area contributed by atoms with Crippen LogP contribution in [0.15, 0.2) is 29.1 Å². The van der Waals surface area contributed by atoms with Gasteiger partial charge in [-0.15, -0.1) is 0 Å². The monoisotopic (exact) mass is 297 g/mol. The fraction of sp³-hybridized carbons (Fsp3) is 0.471. The Kier molecular flexibility index (Phi) is 3.21.